The first kappa shape index (κ1) is 19.7. The van der Waals surface area contributed by atoms with Gasteiger partial charge < -0.3 is 20.3 Å². The van der Waals surface area contributed by atoms with E-state index in [0.29, 0.717) is 23.6 Å². The third-order valence-electron chi connectivity index (χ3n) is 6.91. The summed E-state index contributed by atoms with van der Waals surface area (Å²) in [7, 11) is 1.90. The standard InChI is InChI=1S/C19H34N4O.HI/c1-3-24-17-13-16(19(17)9-4-10-19)22-18(20-2)21-14-7-11-23(12-8-14)15-5-6-15;/h14-17H,3-13H2,1-2H3,(H2,20,21,22);1H. The lowest BCUT2D eigenvalue weighted by atomic mass is 9.51. The molecular formula is C19H35IN4O. The summed E-state index contributed by atoms with van der Waals surface area (Å²) >= 11 is 0. The number of ether oxygens (including phenoxy) is 1. The van der Waals surface area contributed by atoms with Crippen LogP contribution < -0.4 is 10.6 Å². The predicted molar refractivity (Wildman–Crippen MR) is 113 cm³/mol. The van der Waals surface area contributed by atoms with Gasteiger partial charge >= 0.3 is 0 Å². The third-order valence-corrected chi connectivity index (χ3v) is 6.91. The molecular weight excluding hydrogens is 427 g/mol. The number of guanidine groups is 1. The molecule has 3 aliphatic carbocycles. The number of nitrogens with zero attached hydrogens (tertiary/aromatic N) is 2. The maximum atomic E-state index is 5.97. The molecule has 0 amide bonds. The number of hydrogen-bond acceptors (Lipinski definition) is 3. The summed E-state index contributed by atoms with van der Waals surface area (Å²) in [6, 6.07) is 2.03. The zero-order valence-electron chi connectivity index (χ0n) is 15.8. The van der Waals surface area contributed by atoms with Crippen molar-refractivity contribution < 1.29 is 4.74 Å². The normalized spacial score (nSPS) is 32.5. The van der Waals surface area contributed by atoms with Crippen molar-refractivity contribution in [2.45, 2.75) is 82.5 Å². The Morgan fingerprint density at radius 3 is 2.40 bits per heavy atom. The fourth-order valence-corrected chi connectivity index (χ4v) is 5.02. The summed E-state index contributed by atoms with van der Waals surface area (Å²) in [5.74, 6) is 1.01. The van der Waals surface area contributed by atoms with E-state index in [1.54, 1.807) is 0 Å². The predicted octanol–water partition coefficient (Wildman–Crippen LogP) is 2.74. The summed E-state index contributed by atoms with van der Waals surface area (Å²) in [5, 5.41) is 7.41. The molecule has 144 valence electrons. The SMILES string of the molecule is CCOC1CC(NC(=NC)NC2CCN(C3CC3)CC2)C12CCC2.I. The fraction of sp³-hybridized carbons (Fsp3) is 0.947. The average Bonchev–Trinajstić information content (AvgIpc) is 3.36. The molecule has 4 aliphatic rings. The Balaban J connectivity index is 0.00000182. The van der Waals surface area contributed by atoms with E-state index in [-0.39, 0.29) is 24.0 Å². The maximum absolute atomic E-state index is 5.97. The van der Waals surface area contributed by atoms with E-state index < -0.39 is 0 Å². The Morgan fingerprint density at radius 1 is 1.16 bits per heavy atom. The van der Waals surface area contributed by atoms with Crippen LogP contribution in [-0.4, -0.2) is 61.8 Å². The topological polar surface area (TPSA) is 48.9 Å². The van der Waals surface area contributed by atoms with Gasteiger partial charge in [-0.3, -0.25) is 4.99 Å². The van der Waals surface area contributed by atoms with E-state index in [1.807, 2.05) is 7.05 Å². The van der Waals surface area contributed by atoms with Gasteiger partial charge in [-0.05, 0) is 51.9 Å². The van der Waals surface area contributed by atoms with Crippen molar-refractivity contribution in [2.75, 3.05) is 26.7 Å². The zero-order chi connectivity index (χ0) is 16.6. The second kappa shape index (κ2) is 8.30. The second-order valence-corrected chi connectivity index (χ2v) is 8.22. The molecule has 1 spiro atoms. The first-order chi connectivity index (χ1) is 11.7. The molecule has 1 heterocycles. The van der Waals surface area contributed by atoms with Crippen LogP contribution in [0, 0.1) is 5.41 Å². The van der Waals surface area contributed by atoms with Crippen LogP contribution in [0.1, 0.15) is 58.3 Å². The number of halogens is 1. The second-order valence-electron chi connectivity index (χ2n) is 8.22. The van der Waals surface area contributed by atoms with Crippen LogP contribution in [0.15, 0.2) is 4.99 Å². The molecule has 1 saturated heterocycles. The van der Waals surface area contributed by atoms with Gasteiger partial charge in [0.25, 0.3) is 0 Å². The lowest BCUT2D eigenvalue weighted by Crippen LogP contribution is -2.69. The highest BCUT2D eigenvalue weighted by Crippen LogP contribution is 2.57. The van der Waals surface area contributed by atoms with Crippen LogP contribution in [-0.2, 0) is 4.74 Å². The monoisotopic (exact) mass is 462 g/mol. The lowest BCUT2D eigenvalue weighted by molar-refractivity contribution is -0.168. The first-order valence-corrected chi connectivity index (χ1v) is 10.1. The van der Waals surface area contributed by atoms with Crippen LogP contribution in [0.4, 0.5) is 0 Å². The van der Waals surface area contributed by atoms with E-state index in [9.17, 15) is 0 Å². The van der Waals surface area contributed by atoms with Gasteiger partial charge in [0.2, 0.25) is 0 Å². The Morgan fingerprint density at radius 2 is 1.88 bits per heavy atom. The minimum Gasteiger partial charge on any atom is -0.378 e. The van der Waals surface area contributed by atoms with Crippen LogP contribution >= 0.6 is 24.0 Å². The van der Waals surface area contributed by atoms with Crippen LogP contribution in [0.3, 0.4) is 0 Å². The average molecular weight is 462 g/mol. The van der Waals surface area contributed by atoms with Gasteiger partial charge in [0.05, 0.1) is 6.10 Å². The molecule has 2 atom stereocenters. The fourth-order valence-electron chi connectivity index (χ4n) is 5.02. The lowest BCUT2D eigenvalue weighted by Gasteiger charge is -2.61. The molecule has 4 fully saturated rings. The summed E-state index contributed by atoms with van der Waals surface area (Å²) in [4.78, 5) is 7.18. The molecule has 5 nitrogen and oxygen atoms in total. The van der Waals surface area contributed by atoms with Crippen molar-refractivity contribution in [3.8, 4) is 0 Å². The Bertz CT molecular complexity index is 470. The van der Waals surface area contributed by atoms with E-state index in [4.69, 9.17) is 4.74 Å². The van der Waals surface area contributed by atoms with Crippen molar-refractivity contribution in [1.82, 2.24) is 15.5 Å². The Hall–Kier alpha value is -0.0800. The highest BCUT2D eigenvalue weighted by atomic mass is 127. The summed E-state index contributed by atoms with van der Waals surface area (Å²) < 4.78 is 5.97. The molecule has 25 heavy (non-hydrogen) atoms. The molecule has 6 heteroatoms. The molecule has 0 aromatic rings. The van der Waals surface area contributed by atoms with Crippen molar-refractivity contribution in [3.05, 3.63) is 0 Å². The van der Waals surface area contributed by atoms with Crippen LogP contribution in [0.25, 0.3) is 0 Å². The molecule has 2 N–H and O–H groups in total. The highest BCUT2D eigenvalue weighted by molar-refractivity contribution is 14.0. The molecule has 0 aromatic carbocycles. The van der Waals surface area contributed by atoms with Crippen molar-refractivity contribution in [1.29, 1.82) is 0 Å². The number of piperidine rings is 1. The smallest absolute Gasteiger partial charge is 0.191 e. The number of nitrogens with one attached hydrogen (secondary N) is 2. The zero-order valence-corrected chi connectivity index (χ0v) is 18.1. The summed E-state index contributed by atoms with van der Waals surface area (Å²) in [5.41, 5.74) is 0.392. The Kier molecular flexibility index (Phi) is 6.53. The minimum absolute atomic E-state index is 0. The number of aliphatic imine (C=N–C) groups is 1. The quantitative estimate of drug-likeness (QED) is 0.375. The highest BCUT2D eigenvalue weighted by Gasteiger charge is 2.59. The van der Waals surface area contributed by atoms with Gasteiger partial charge in [-0.2, -0.15) is 0 Å². The third kappa shape index (κ3) is 3.95. The van der Waals surface area contributed by atoms with Crippen molar-refractivity contribution in [3.63, 3.8) is 0 Å². The van der Waals surface area contributed by atoms with Gasteiger partial charge in [-0.1, -0.05) is 6.42 Å². The molecule has 0 aromatic heterocycles. The minimum atomic E-state index is 0. The van der Waals surface area contributed by atoms with E-state index in [2.05, 4.69) is 27.4 Å². The molecule has 1 aliphatic heterocycles. The summed E-state index contributed by atoms with van der Waals surface area (Å²) in [6.07, 6.45) is 10.9. The summed E-state index contributed by atoms with van der Waals surface area (Å²) in [6.45, 7) is 5.45. The number of hydrogen-bond donors (Lipinski definition) is 2. The Labute approximate surface area is 169 Å². The molecule has 2 unspecified atom stereocenters. The number of rotatable bonds is 5. The molecule has 0 bridgehead atoms. The van der Waals surface area contributed by atoms with Gasteiger partial charge in [-0.15, -0.1) is 24.0 Å². The van der Waals surface area contributed by atoms with Gasteiger partial charge in [0.1, 0.15) is 0 Å². The van der Waals surface area contributed by atoms with Crippen molar-refractivity contribution in [2.24, 2.45) is 10.4 Å². The van der Waals surface area contributed by atoms with E-state index in [1.165, 1.54) is 58.0 Å². The van der Waals surface area contributed by atoms with Crippen LogP contribution in [0.2, 0.25) is 0 Å². The van der Waals surface area contributed by atoms with Gasteiger partial charge in [0.15, 0.2) is 5.96 Å². The van der Waals surface area contributed by atoms with E-state index >= 15 is 0 Å². The maximum Gasteiger partial charge on any atom is 0.191 e. The van der Waals surface area contributed by atoms with E-state index in [0.717, 1.165) is 25.0 Å². The van der Waals surface area contributed by atoms with Crippen LogP contribution in [0.5, 0.6) is 0 Å². The molecule has 3 saturated carbocycles. The van der Waals surface area contributed by atoms with Gasteiger partial charge in [-0.25, -0.2) is 0 Å². The molecule has 0 radical (unpaired) electrons. The van der Waals surface area contributed by atoms with Crippen molar-refractivity contribution >= 4 is 29.9 Å². The van der Waals surface area contributed by atoms with Gasteiger partial charge in [0, 0.05) is 50.3 Å². The number of likely N-dealkylation sites (tertiary alicyclic amines) is 1. The first-order valence-electron chi connectivity index (χ1n) is 10.1. The molecule has 4 rings (SSSR count). The largest absolute Gasteiger partial charge is 0.378 e.